The van der Waals surface area contributed by atoms with Crippen molar-refractivity contribution in [2.24, 2.45) is 4.99 Å². The Hall–Kier alpha value is -0.710. The summed E-state index contributed by atoms with van der Waals surface area (Å²) in [7, 11) is 1.82. The molecule has 0 spiro atoms. The largest absolute Gasteiger partial charge is 0.353 e. The maximum atomic E-state index is 11.8. The molecule has 1 aliphatic heterocycles. The van der Waals surface area contributed by atoms with Crippen LogP contribution in [0.25, 0.3) is 0 Å². The van der Waals surface area contributed by atoms with Gasteiger partial charge in [-0.3, -0.25) is 9.79 Å². The molecule has 2 unspecified atom stereocenters. The Morgan fingerprint density at radius 2 is 2.44 bits per heavy atom. The molecule has 5 heteroatoms. The van der Waals surface area contributed by atoms with Crippen LogP contribution in [0.15, 0.2) is 4.99 Å². The number of hydrogen-bond donors (Lipinski definition) is 1. The van der Waals surface area contributed by atoms with Crippen molar-refractivity contribution in [1.82, 2.24) is 10.2 Å². The van der Waals surface area contributed by atoms with E-state index in [0.717, 1.165) is 23.9 Å². The van der Waals surface area contributed by atoms with Crippen molar-refractivity contribution in [2.75, 3.05) is 19.3 Å². The second-order valence-electron chi connectivity index (χ2n) is 4.14. The Morgan fingerprint density at radius 3 is 3.00 bits per heavy atom. The third-order valence-electron chi connectivity index (χ3n) is 2.67. The fraction of sp³-hybridized carbons (Fsp3) is 0.818. The van der Waals surface area contributed by atoms with Crippen LogP contribution >= 0.6 is 11.8 Å². The number of nitrogens with one attached hydrogen (secondary N) is 1. The predicted molar refractivity (Wildman–Crippen MR) is 69.9 cm³/mol. The van der Waals surface area contributed by atoms with Gasteiger partial charge >= 0.3 is 0 Å². The summed E-state index contributed by atoms with van der Waals surface area (Å²) in [4.78, 5) is 18.0. The summed E-state index contributed by atoms with van der Waals surface area (Å²) in [5.41, 5.74) is 0. The minimum absolute atomic E-state index is 0.115. The molecule has 0 saturated heterocycles. The van der Waals surface area contributed by atoms with E-state index in [9.17, 15) is 4.79 Å². The first-order chi connectivity index (χ1) is 7.54. The van der Waals surface area contributed by atoms with E-state index in [1.165, 1.54) is 0 Å². The SMILES string of the molecule is CCN(C)C(=O)C(C)NC1=NC(C)CCS1. The molecule has 1 rings (SSSR count). The number of amidine groups is 1. The van der Waals surface area contributed by atoms with Crippen LogP contribution in [-0.4, -0.2) is 47.4 Å². The van der Waals surface area contributed by atoms with Crippen molar-refractivity contribution >= 4 is 22.8 Å². The molecule has 1 aliphatic rings. The van der Waals surface area contributed by atoms with Crippen LogP contribution in [-0.2, 0) is 4.79 Å². The average molecular weight is 243 g/mol. The minimum atomic E-state index is -0.193. The van der Waals surface area contributed by atoms with Gasteiger partial charge in [0.25, 0.3) is 0 Å². The van der Waals surface area contributed by atoms with E-state index in [1.807, 2.05) is 20.9 Å². The van der Waals surface area contributed by atoms with Crippen LogP contribution in [0.3, 0.4) is 0 Å². The lowest BCUT2D eigenvalue weighted by atomic mass is 10.3. The lowest BCUT2D eigenvalue weighted by Crippen LogP contribution is -2.45. The molecule has 0 saturated carbocycles. The van der Waals surface area contributed by atoms with E-state index >= 15 is 0 Å². The van der Waals surface area contributed by atoms with E-state index in [1.54, 1.807) is 16.7 Å². The summed E-state index contributed by atoms with van der Waals surface area (Å²) >= 11 is 1.70. The number of rotatable bonds is 3. The molecular weight excluding hydrogens is 222 g/mol. The fourth-order valence-corrected chi connectivity index (χ4v) is 2.61. The van der Waals surface area contributed by atoms with Gasteiger partial charge in [0, 0.05) is 19.3 Å². The average Bonchev–Trinajstić information content (AvgIpc) is 2.27. The molecular formula is C11H21N3OS. The number of thioether (sulfide) groups is 1. The third-order valence-corrected chi connectivity index (χ3v) is 3.61. The Labute approximate surface area is 102 Å². The van der Waals surface area contributed by atoms with Gasteiger partial charge in [0.15, 0.2) is 5.17 Å². The van der Waals surface area contributed by atoms with Gasteiger partial charge in [0.1, 0.15) is 6.04 Å². The van der Waals surface area contributed by atoms with Crippen LogP contribution in [0.4, 0.5) is 0 Å². The number of amides is 1. The molecule has 0 fully saturated rings. The van der Waals surface area contributed by atoms with E-state index in [4.69, 9.17) is 0 Å². The van der Waals surface area contributed by atoms with Gasteiger partial charge in [0.05, 0.1) is 6.04 Å². The quantitative estimate of drug-likeness (QED) is 0.813. The topological polar surface area (TPSA) is 44.7 Å². The number of hydrogen-bond acceptors (Lipinski definition) is 4. The molecule has 0 bridgehead atoms. The standard InChI is InChI=1S/C11H21N3OS/c1-5-14(4)10(15)9(3)13-11-12-8(2)6-7-16-11/h8-9H,5-7H2,1-4H3,(H,12,13). The minimum Gasteiger partial charge on any atom is -0.353 e. The summed E-state index contributed by atoms with van der Waals surface area (Å²) in [6.07, 6.45) is 1.12. The van der Waals surface area contributed by atoms with Crippen LogP contribution in [0.1, 0.15) is 27.2 Å². The van der Waals surface area contributed by atoms with Crippen LogP contribution in [0, 0.1) is 0 Å². The second-order valence-corrected chi connectivity index (χ2v) is 5.22. The maximum absolute atomic E-state index is 11.8. The zero-order valence-electron chi connectivity index (χ0n) is 10.5. The highest BCUT2D eigenvalue weighted by Crippen LogP contribution is 2.16. The molecule has 1 heterocycles. The Balaban J connectivity index is 2.50. The van der Waals surface area contributed by atoms with E-state index in [0.29, 0.717) is 6.04 Å². The molecule has 0 aromatic carbocycles. The monoisotopic (exact) mass is 243 g/mol. The molecule has 0 aromatic rings. The Kier molecular flexibility index (Phi) is 5.12. The smallest absolute Gasteiger partial charge is 0.244 e. The molecule has 2 atom stereocenters. The highest BCUT2D eigenvalue weighted by molar-refractivity contribution is 8.13. The Morgan fingerprint density at radius 1 is 1.75 bits per heavy atom. The van der Waals surface area contributed by atoms with Crippen molar-refractivity contribution in [3.63, 3.8) is 0 Å². The summed E-state index contributed by atoms with van der Waals surface area (Å²) in [6.45, 7) is 6.70. The van der Waals surface area contributed by atoms with Gasteiger partial charge in [-0.2, -0.15) is 0 Å². The first-order valence-corrected chi connectivity index (χ1v) is 6.75. The van der Waals surface area contributed by atoms with E-state index in [2.05, 4.69) is 17.2 Å². The van der Waals surface area contributed by atoms with Crippen molar-refractivity contribution < 1.29 is 4.79 Å². The van der Waals surface area contributed by atoms with Crippen molar-refractivity contribution in [3.8, 4) is 0 Å². The molecule has 92 valence electrons. The number of nitrogens with zero attached hydrogens (tertiary/aromatic N) is 2. The first-order valence-electron chi connectivity index (χ1n) is 5.76. The Bertz CT molecular complexity index is 280. The highest BCUT2D eigenvalue weighted by Gasteiger charge is 2.19. The first kappa shape index (κ1) is 13.4. The van der Waals surface area contributed by atoms with Crippen LogP contribution in [0.5, 0.6) is 0 Å². The summed E-state index contributed by atoms with van der Waals surface area (Å²) < 4.78 is 0. The van der Waals surface area contributed by atoms with Gasteiger partial charge in [-0.05, 0) is 27.2 Å². The van der Waals surface area contributed by atoms with E-state index in [-0.39, 0.29) is 11.9 Å². The van der Waals surface area contributed by atoms with Crippen molar-refractivity contribution in [2.45, 2.75) is 39.3 Å². The molecule has 1 N–H and O–H groups in total. The zero-order chi connectivity index (χ0) is 12.1. The maximum Gasteiger partial charge on any atom is 0.244 e. The number of aliphatic imine (C=N–C) groups is 1. The van der Waals surface area contributed by atoms with Crippen molar-refractivity contribution in [1.29, 1.82) is 0 Å². The van der Waals surface area contributed by atoms with Gasteiger partial charge < -0.3 is 10.2 Å². The lowest BCUT2D eigenvalue weighted by Gasteiger charge is -2.24. The van der Waals surface area contributed by atoms with E-state index < -0.39 is 0 Å². The summed E-state index contributed by atoms with van der Waals surface area (Å²) in [5.74, 6) is 1.20. The molecule has 1 amide bonds. The fourth-order valence-electron chi connectivity index (χ4n) is 1.44. The number of carbonyl (C=O) groups excluding carboxylic acids is 1. The molecule has 16 heavy (non-hydrogen) atoms. The molecule has 0 radical (unpaired) electrons. The molecule has 0 aromatic heterocycles. The van der Waals surface area contributed by atoms with Crippen LogP contribution < -0.4 is 5.32 Å². The lowest BCUT2D eigenvalue weighted by molar-refractivity contribution is -0.131. The van der Waals surface area contributed by atoms with Gasteiger partial charge in [-0.15, -0.1) is 0 Å². The third kappa shape index (κ3) is 3.70. The highest BCUT2D eigenvalue weighted by atomic mass is 32.2. The van der Waals surface area contributed by atoms with Gasteiger partial charge in [-0.25, -0.2) is 0 Å². The van der Waals surface area contributed by atoms with Gasteiger partial charge in [0.2, 0.25) is 5.91 Å². The molecule has 0 aliphatic carbocycles. The number of carbonyl (C=O) groups is 1. The normalized spacial score (nSPS) is 22.2. The van der Waals surface area contributed by atoms with Gasteiger partial charge in [-0.1, -0.05) is 11.8 Å². The summed E-state index contributed by atoms with van der Waals surface area (Å²) in [5, 5.41) is 4.09. The second kappa shape index (κ2) is 6.13. The summed E-state index contributed by atoms with van der Waals surface area (Å²) in [6, 6.07) is 0.177. The molecule has 4 nitrogen and oxygen atoms in total. The predicted octanol–water partition coefficient (Wildman–Crippen LogP) is 1.32. The number of likely N-dealkylation sites (N-methyl/N-ethyl adjacent to an activating group) is 1. The van der Waals surface area contributed by atoms with Crippen molar-refractivity contribution in [3.05, 3.63) is 0 Å². The zero-order valence-corrected chi connectivity index (χ0v) is 11.3. The van der Waals surface area contributed by atoms with Crippen LogP contribution in [0.2, 0.25) is 0 Å².